The number of carbonyl (C=O) groups excluding carboxylic acids is 1. The summed E-state index contributed by atoms with van der Waals surface area (Å²) < 4.78 is 5.71. The third-order valence-corrected chi connectivity index (χ3v) is 3.53. The molecular weight excluding hydrogens is 326 g/mol. The lowest BCUT2D eigenvalue weighted by Gasteiger charge is -2.12. The molecule has 0 aliphatic rings. The van der Waals surface area contributed by atoms with Gasteiger partial charge in [-0.3, -0.25) is 0 Å². The second-order valence-corrected chi connectivity index (χ2v) is 6.06. The highest BCUT2D eigenvalue weighted by Crippen LogP contribution is 2.17. The molecule has 2 aromatic rings. The number of nitrogens with one attached hydrogen (secondary N) is 2. The maximum absolute atomic E-state index is 11.7. The van der Waals surface area contributed by atoms with E-state index in [-0.39, 0.29) is 6.03 Å². The molecule has 2 N–H and O–H groups in total. The average molecular weight is 348 g/mol. The van der Waals surface area contributed by atoms with Gasteiger partial charge < -0.3 is 20.3 Å². The number of amides is 2. The summed E-state index contributed by atoms with van der Waals surface area (Å²) in [6, 6.07) is 14.6. The fourth-order valence-corrected chi connectivity index (χ4v) is 2.08. The Kier molecular flexibility index (Phi) is 6.90. The largest absolute Gasteiger partial charge is 0.489 e. The number of halogens is 1. The van der Waals surface area contributed by atoms with E-state index in [0.717, 1.165) is 23.5 Å². The SMILES string of the molecule is CN(C)CCNC(=O)Nc1ccc(OCc2ccc(Cl)cc2)cc1. The Balaban J connectivity index is 1.77. The van der Waals surface area contributed by atoms with Crippen molar-refractivity contribution < 1.29 is 9.53 Å². The molecule has 0 aliphatic carbocycles. The van der Waals surface area contributed by atoms with Crippen molar-refractivity contribution in [3.05, 3.63) is 59.1 Å². The Bertz CT molecular complexity index is 642. The van der Waals surface area contributed by atoms with Crippen LogP contribution < -0.4 is 15.4 Å². The average Bonchev–Trinajstić information content (AvgIpc) is 2.55. The Morgan fingerprint density at radius 1 is 1.08 bits per heavy atom. The first kappa shape index (κ1) is 18.1. The van der Waals surface area contributed by atoms with Crippen molar-refractivity contribution >= 4 is 23.3 Å². The monoisotopic (exact) mass is 347 g/mol. The highest BCUT2D eigenvalue weighted by Gasteiger charge is 2.02. The molecule has 128 valence electrons. The highest BCUT2D eigenvalue weighted by molar-refractivity contribution is 6.30. The number of rotatable bonds is 7. The molecule has 0 aliphatic heterocycles. The Labute approximate surface area is 147 Å². The molecule has 5 nitrogen and oxygen atoms in total. The molecule has 24 heavy (non-hydrogen) atoms. The van der Waals surface area contributed by atoms with Gasteiger partial charge in [-0.15, -0.1) is 0 Å². The van der Waals surface area contributed by atoms with Gasteiger partial charge in [0.15, 0.2) is 0 Å². The minimum absolute atomic E-state index is 0.216. The number of ether oxygens (including phenoxy) is 1. The zero-order valence-electron chi connectivity index (χ0n) is 13.9. The van der Waals surface area contributed by atoms with Gasteiger partial charge in [-0.25, -0.2) is 4.79 Å². The predicted molar refractivity (Wildman–Crippen MR) is 97.8 cm³/mol. The molecule has 6 heteroatoms. The van der Waals surface area contributed by atoms with Gasteiger partial charge in [0.1, 0.15) is 12.4 Å². The zero-order chi connectivity index (χ0) is 17.4. The van der Waals surface area contributed by atoms with E-state index in [0.29, 0.717) is 18.2 Å². The summed E-state index contributed by atoms with van der Waals surface area (Å²) in [7, 11) is 3.92. The number of urea groups is 1. The van der Waals surface area contributed by atoms with E-state index >= 15 is 0 Å². The van der Waals surface area contributed by atoms with Crippen molar-refractivity contribution in [1.82, 2.24) is 10.2 Å². The number of benzene rings is 2. The Morgan fingerprint density at radius 2 is 1.75 bits per heavy atom. The second-order valence-electron chi connectivity index (χ2n) is 5.62. The summed E-state index contributed by atoms with van der Waals surface area (Å²) in [5.41, 5.74) is 1.76. The van der Waals surface area contributed by atoms with Crippen molar-refractivity contribution in [3.8, 4) is 5.75 Å². The van der Waals surface area contributed by atoms with Crippen LogP contribution in [0.15, 0.2) is 48.5 Å². The summed E-state index contributed by atoms with van der Waals surface area (Å²) in [4.78, 5) is 13.7. The smallest absolute Gasteiger partial charge is 0.319 e. The zero-order valence-corrected chi connectivity index (χ0v) is 14.6. The van der Waals surface area contributed by atoms with Crippen molar-refractivity contribution in [2.24, 2.45) is 0 Å². The molecule has 0 saturated carbocycles. The molecule has 0 fully saturated rings. The van der Waals surface area contributed by atoms with Crippen molar-refractivity contribution in [1.29, 1.82) is 0 Å². The van der Waals surface area contributed by atoms with Crippen LogP contribution in [-0.4, -0.2) is 38.1 Å². The molecule has 2 aromatic carbocycles. The second kappa shape index (κ2) is 9.15. The molecule has 0 spiro atoms. The minimum atomic E-state index is -0.216. The van der Waals surface area contributed by atoms with Crippen LogP contribution in [0.2, 0.25) is 5.02 Å². The maximum atomic E-state index is 11.7. The standard InChI is InChI=1S/C18H22ClN3O2/c1-22(2)12-11-20-18(23)21-16-7-9-17(10-8-16)24-13-14-3-5-15(19)6-4-14/h3-10H,11-13H2,1-2H3,(H2,20,21,23). The minimum Gasteiger partial charge on any atom is -0.489 e. The van der Waals surface area contributed by atoms with Gasteiger partial charge in [-0.1, -0.05) is 23.7 Å². The molecule has 0 atom stereocenters. The van der Waals surface area contributed by atoms with Gasteiger partial charge in [0.25, 0.3) is 0 Å². The van der Waals surface area contributed by atoms with Gasteiger partial charge in [-0.2, -0.15) is 0 Å². The van der Waals surface area contributed by atoms with Crippen molar-refractivity contribution in [2.45, 2.75) is 6.61 Å². The third-order valence-electron chi connectivity index (χ3n) is 3.28. The third kappa shape index (κ3) is 6.48. The first-order valence-electron chi connectivity index (χ1n) is 7.70. The van der Waals surface area contributed by atoms with E-state index in [1.54, 1.807) is 0 Å². The molecule has 0 radical (unpaired) electrons. The van der Waals surface area contributed by atoms with Crippen LogP contribution in [0.3, 0.4) is 0 Å². The number of hydrogen-bond acceptors (Lipinski definition) is 3. The van der Waals surface area contributed by atoms with Gasteiger partial charge in [-0.05, 0) is 56.1 Å². The van der Waals surface area contributed by atoms with Crippen LogP contribution in [0, 0.1) is 0 Å². The normalized spacial score (nSPS) is 10.5. The van der Waals surface area contributed by atoms with Gasteiger partial charge in [0, 0.05) is 23.8 Å². The number of nitrogens with zero attached hydrogens (tertiary/aromatic N) is 1. The van der Waals surface area contributed by atoms with Gasteiger partial charge >= 0.3 is 6.03 Å². The summed E-state index contributed by atoms with van der Waals surface area (Å²) in [6.45, 7) is 1.86. The summed E-state index contributed by atoms with van der Waals surface area (Å²) in [6.07, 6.45) is 0. The lowest BCUT2D eigenvalue weighted by Crippen LogP contribution is -2.34. The lowest BCUT2D eigenvalue weighted by molar-refractivity contribution is 0.250. The fraction of sp³-hybridized carbons (Fsp3) is 0.278. The first-order chi connectivity index (χ1) is 11.5. The lowest BCUT2D eigenvalue weighted by atomic mass is 10.2. The summed E-state index contributed by atoms with van der Waals surface area (Å²) in [5, 5.41) is 6.29. The van der Waals surface area contributed by atoms with Crippen LogP contribution in [0.25, 0.3) is 0 Å². The quantitative estimate of drug-likeness (QED) is 0.804. The van der Waals surface area contributed by atoms with Crippen LogP contribution in [0.4, 0.5) is 10.5 Å². The first-order valence-corrected chi connectivity index (χ1v) is 8.07. The van der Waals surface area contributed by atoms with E-state index in [9.17, 15) is 4.79 Å². The molecule has 2 amide bonds. The van der Waals surface area contributed by atoms with Gasteiger partial charge in [0.05, 0.1) is 0 Å². The van der Waals surface area contributed by atoms with E-state index in [2.05, 4.69) is 10.6 Å². The highest BCUT2D eigenvalue weighted by atomic mass is 35.5. The predicted octanol–water partition coefficient (Wildman–Crippen LogP) is 3.60. The molecular formula is C18H22ClN3O2. The topological polar surface area (TPSA) is 53.6 Å². The summed E-state index contributed by atoms with van der Waals surface area (Å²) in [5.74, 6) is 0.739. The number of hydrogen-bond donors (Lipinski definition) is 2. The van der Waals surface area contributed by atoms with E-state index < -0.39 is 0 Å². The van der Waals surface area contributed by atoms with Gasteiger partial charge in [0.2, 0.25) is 0 Å². The molecule has 0 heterocycles. The summed E-state index contributed by atoms with van der Waals surface area (Å²) >= 11 is 5.85. The molecule has 0 saturated heterocycles. The molecule has 2 rings (SSSR count). The number of carbonyl (C=O) groups is 1. The molecule has 0 aromatic heterocycles. The van der Waals surface area contributed by atoms with Crippen molar-refractivity contribution in [3.63, 3.8) is 0 Å². The Morgan fingerprint density at radius 3 is 2.38 bits per heavy atom. The van der Waals surface area contributed by atoms with Crippen LogP contribution in [-0.2, 0) is 6.61 Å². The maximum Gasteiger partial charge on any atom is 0.319 e. The van der Waals surface area contributed by atoms with E-state index in [1.165, 1.54) is 0 Å². The van der Waals surface area contributed by atoms with Crippen molar-refractivity contribution in [2.75, 3.05) is 32.5 Å². The fourth-order valence-electron chi connectivity index (χ4n) is 1.95. The van der Waals surface area contributed by atoms with Crippen LogP contribution >= 0.6 is 11.6 Å². The van der Waals surface area contributed by atoms with Crippen LogP contribution in [0.1, 0.15) is 5.56 Å². The van der Waals surface area contributed by atoms with E-state index in [4.69, 9.17) is 16.3 Å². The molecule has 0 unspecified atom stereocenters. The number of likely N-dealkylation sites (N-methyl/N-ethyl adjacent to an activating group) is 1. The number of anilines is 1. The Hall–Kier alpha value is -2.24. The molecule has 0 bridgehead atoms. The van der Waals surface area contributed by atoms with Crippen LogP contribution in [0.5, 0.6) is 5.75 Å². The van der Waals surface area contributed by atoms with E-state index in [1.807, 2.05) is 67.5 Å².